The van der Waals surface area contributed by atoms with Gasteiger partial charge in [0.2, 0.25) is 0 Å². The molecule has 4 heteroatoms. The van der Waals surface area contributed by atoms with Crippen LogP contribution in [0.15, 0.2) is 17.1 Å². The first-order valence-corrected chi connectivity index (χ1v) is 5.34. The minimum absolute atomic E-state index is 0.0921. The van der Waals surface area contributed by atoms with Crippen LogP contribution in [0.25, 0.3) is 0 Å². The summed E-state index contributed by atoms with van der Waals surface area (Å²) in [6, 6.07) is 1.45. The molecule has 0 spiro atoms. The van der Waals surface area contributed by atoms with Gasteiger partial charge in [0.15, 0.2) is 0 Å². The Balaban J connectivity index is 2.36. The summed E-state index contributed by atoms with van der Waals surface area (Å²) in [5, 5.41) is 0. The van der Waals surface area contributed by atoms with Crippen LogP contribution in [0.3, 0.4) is 0 Å². The van der Waals surface area contributed by atoms with Crippen LogP contribution in [-0.4, -0.2) is 23.0 Å². The lowest BCUT2D eigenvalue weighted by Gasteiger charge is -2.22. The highest BCUT2D eigenvalue weighted by atomic mass is 19.1. The second kappa shape index (κ2) is 4.14. The molecular weight excluding hydrogens is 195 g/mol. The van der Waals surface area contributed by atoms with E-state index in [1.807, 2.05) is 0 Å². The molecule has 1 aliphatic heterocycles. The Hall–Kier alpha value is -1.16. The van der Waals surface area contributed by atoms with Gasteiger partial charge in [-0.2, -0.15) is 0 Å². The van der Waals surface area contributed by atoms with E-state index in [0.717, 1.165) is 32.1 Å². The summed E-state index contributed by atoms with van der Waals surface area (Å²) >= 11 is 0. The number of H-pyrrole nitrogens is 1. The maximum Gasteiger partial charge on any atom is 0.252 e. The Kier molecular flexibility index (Phi) is 2.86. The molecular formula is C11H15FN2O. The number of hydrogen-bond donors (Lipinski definition) is 1. The average Bonchev–Trinajstić information content (AvgIpc) is 2.69. The molecule has 0 radical (unpaired) electrons. The van der Waals surface area contributed by atoms with Crippen LogP contribution in [-0.2, 0) is 0 Å². The summed E-state index contributed by atoms with van der Waals surface area (Å²) in [5.41, 5.74) is 0.399. The van der Waals surface area contributed by atoms with E-state index in [1.165, 1.54) is 6.07 Å². The Morgan fingerprint density at radius 1 is 1.67 bits per heavy atom. The predicted octanol–water partition coefficient (Wildman–Crippen LogP) is 1.67. The molecule has 2 rings (SSSR count). The molecule has 1 aromatic rings. The fraction of sp³-hybridized carbons (Fsp3) is 0.545. The second-order valence-electron chi connectivity index (χ2n) is 3.89. The van der Waals surface area contributed by atoms with Crippen LogP contribution in [0.2, 0.25) is 0 Å². The van der Waals surface area contributed by atoms with Gasteiger partial charge in [-0.1, -0.05) is 6.92 Å². The van der Waals surface area contributed by atoms with Gasteiger partial charge in [0.1, 0.15) is 5.82 Å². The van der Waals surface area contributed by atoms with E-state index in [4.69, 9.17) is 0 Å². The predicted molar refractivity (Wildman–Crippen MR) is 56.2 cm³/mol. The molecule has 2 heterocycles. The molecule has 0 bridgehead atoms. The Bertz CT molecular complexity index is 402. The maximum atomic E-state index is 13.0. The fourth-order valence-electron chi connectivity index (χ4n) is 2.28. The van der Waals surface area contributed by atoms with Crippen LogP contribution in [0.1, 0.15) is 31.4 Å². The number of pyridine rings is 1. The monoisotopic (exact) mass is 210 g/mol. The lowest BCUT2D eigenvalue weighted by Crippen LogP contribution is -2.27. The molecule has 0 amide bonds. The van der Waals surface area contributed by atoms with Crippen LogP contribution in [0.5, 0.6) is 0 Å². The van der Waals surface area contributed by atoms with Gasteiger partial charge in [-0.3, -0.25) is 9.69 Å². The summed E-state index contributed by atoms with van der Waals surface area (Å²) in [7, 11) is 0. The minimum Gasteiger partial charge on any atom is -0.326 e. The lowest BCUT2D eigenvalue weighted by molar-refractivity contribution is 0.269. The van der Waals surface area contributed by atoms with Crippen LogP contribution in [0, 0.1) is 5.82 Å². The third-order valence-electron chi connectivity index (χ3n) is 3.03. The first kappa shape index (κ1) is 10.4. The zero-order valence-electron chi connectivity index (χ0n) is 8.79. The van der Waals surface area contributed by atoms with Crippen molar-refractivity contribution in [2.24, 2.45) is 0 Å². The van der Waals surface area contributed by atoms with Crippen molar-refractivity contribution in [2.45, 2.75) is 25.8 Å². The molecule has 0 saturated carbocycles. The van der Waals surface area contributed by atoms with Crippen molar-refractivity contribution >= 4 is 0 Å². The molecule has 3 nitrogen and oxygen atoms in total. The van der Waals surface area contributed by atoms with Gasteiger partial charge in [-0.25, -0.2) is 4.39 Å². The molecule has 82 valence electrons. The second-order valence-corrected chi connectivity index (χ2v) is 3.89. The number of aromatic nitrogens is 1. The van der Waals surface area contributed by atoms with Crippen molar-refractivity contribution < 1.29 is 4.39 Å². The number of aromatic amines is 1. The highest BCUT2D eigenvalue weighted by Gasteiger charge is 2.26. The molecule has 15 heavy (non-hydrogen) atoms. The first-order valence-electron chi connectivity index (χ1n) is 5.34. The number of nitrogens with zero attached hydrogens (tertiary/aromatic N) is 1. The highest BCUT2D eigenvalue weighted by molar-refractivity contribution is 5.16. The van der Waals surface area contributed by atoms with E-state index in [-0.39, 0.29) is 17.4 Å². The summed E-state index contributed by atoms with van der Waals surface area (Å²) in [5.74, 6) is -0.368. The van der Waals surface area contributed by atoms with Crippen molar-refractivity contribution in [1.82, 2.24) is 9.88 Å². The topological polar surface area (TPSA) is 36.1 Å². The number of nitrogens with one attached hydrogen (secondary N) is 1. The van der Waals surface area contributed by atoms with E-state index in [0.29, 0.717) is 5.56 Å². The van der Waals surface area contributed by atoms with Crippen LogP contribution >= 0.6 is 0 Å². The molecule has 1 N–H and O–H groups in total. The fourth-order valence-corrected chi connectivity index (χ4v) is 2.28. The lowest BCUT2D eigenvalue weighted by atomic mass is 10.1. The SMILES string of the molecule is CCN1CCCC1c1cc(F)c[nH]c1=O. The average molecular weight is 210 g/mol. The zero-order valence-corrected chi connectivity index (χ0v) is 8.79. The quantitative estimate of drug-likeness (QED) is 0.806. The van der Waals surface area contributed by atoms with Gasteiger partial charge < -0.3 is 4.98 Å². The van der Waals surface area contributed by atoms with Crippen LogP contribution in [0.4, 0.5) is 4.39 Å². The van der Waals surface area contributed by atoms with E-state index < -0.39 is 0 Å². The molecule has 1 aliphatic rings. The molecule has 1 unspecified atom stereocenters. The van der Waals surface area contributed by atoms with E-state index >= 15 is 0 Å². The maximum absolute atomic E-state index is 13.0. The minimum atomic E-state index is -0.368. The number of hydrogen-bond acceptors (Lipinski definition) is 2. The third-order valence-corrected chi connectivity index (χ3v) is 3.03. The van der Waals surface area contributed by atoms with Gasteiger partial charge in [-0.05, 0) is 32.0 Å². The zero-order chi connectivity index (χ0) is 10.8. The van der Waals surface area contributed by atoms with Gasteiger partial charge in [0.05, 0.1) is 0 Å². The molecule has 1 saturated heterocycles. The van der Waals surface area contributed by atoms with E-state index in [2.05, 4.69) is 16.8 Å². The highest BCUT2D eigenvalue weighted by Crippen LogP contribution is 2.29. The number of likely N-dealkylation sites (tertiary alicyclic amines) is 1. The Morgan fingerprint density at radius 2 is 2.47 bits per heavy atom. The van der Waals surface area contributed by atoms with Gasteiger partial charge >= 0.3 is 0 Å². The van der Waals surface area contributed by atoms with Crippen molar-refractivity contribution in [1.29, 1.82) is 0 Å². The molecule has 1 fully saturated rings. The molecule has 1 atom stereocenters. The summed E-state index contributed by atoms with van der Waals surface area (Å²) in [4.78, 5) is 16.2. The number of halogens is 1. The standard InChI is InChI=1S/C11H15FN2O/c1-2-14-5-3-4-10(14)9-6-8(12)7-13-11(9)15/h6-7,10H,2-5H2,1H3,(H,13,15). The first-order chi connectivity index (χ1) is 7.22. The molecule has 0 aliphatic carbocycles. The Morgan fingerprint density at radius 3 is 3.20 bits per heavy atom. The number of rotatable bonds is 2. The van der Waals surface area contributed by atoms with Crippen molar-refractivity contribution in [3.8, 4) is 0 Å². The molecule has 1 aromatic heterocycles. The van der Waals surface area contributed by atoms with Crippen LogP contribution < -0.4 is 5.56 Å². The van der Waals surface area contributed by atoms with E-state index in [9.17, 15) is 9.18 Å². The normalized spacial score (nSPS) is 22.1. The summed E-state index contributed by atoms with van der Waals surface area (Å²) in [6.45, 7) is 3.96. The third kappa shape index (κ3) is 1.95. The largest absolute Gasteiger partial charge is 0.326 e. The van der Waals surface area contributed by atoms with E-state index in [1.54, 1.807) is 0 Å². The summed E-state index contributed by atoms with van der Waals surface area (Å²) < 4.78 is 13.0. The van der Waals surface area contributed by atoms with Gasteiger partial charge in [0.25, 0.3) is 5.56 Å². The van der Waals surface area contributed by atoms with Crippen molar-refractivity contribution in [3.63, 3.8) is 0 Å². The van der Waals surface area contributed by atoms with Crippen molar-refractivity contribution in [3.05, 3.63) is 34.0 Å². The smallest absolute Gasteiger partial charge is 0.252 e. The Labute approximate surface area is 87.9 Å². The summed E-state index contributed by atoms with van der Waals surface area (Å²) in [6.07, 6.45) is 3.13. The van der Waals surface area contributed by atoms with Crippen molar-refractivity contribution in [2.75, 3.05) is 13.1 Å². The van der Waals surface area contributed by atoms with Gasteiger partial charge in [0, 0.05) is 17.8 Å². The molecule has 0 aromatic carbocycles. The van der Waals surface area contributed by atoms with Gasteiger partial charge in [-0.15, -0.1) is 0 Å².